The molecule has 1 unspecified atom stereocenters. The zero-order chi connectivity index (χ0) is 17.4. The number of hydrogen-bond acceptors (Lipinski definition) is 5. The number of hydrogen-bond donors (Lipinski definition) is 0. The first-order valence-electron chi connectivity index (χ1n) is 7.98. The maximum Gasteiger partial charge on any atom is 0.337 e. The fraction of sp³-hybridized carbons (Fsp3) is 0.333. The number of fused-ring (bicyclic) bond motifs is 1. The number of halogens is 1. The van der Waals surface area contributed by atoms with Gasteiger partial charge in [0, 0.05) is 5.57 Å². The Hall–Kier alpha value is -2.03. The van der Waals surface area contributed by atoms with Crippen LogP contribution in [0.4, 0.5) is 0 Å². The van der Waals surface area contributed by atoms with Crippen LogP contribution in [0.15, 0.2) is 53.5 Å². The highest BCUT2D eigenvalue weighted by molar-refractivity contribution is 14.1. The van der Waals surface area contributed by atoms with Gasteiger partial charge in [0.1, 0.15) is 24.7 Å². The van der Waals surface area contributed by atoms with E-state index in [0.29, 0.717) is 18.8 Å². The SMILES string of the molecule is O=C(OCc1ccccc1)C1C(=C2C=C(CI)OC2)O[C@@H]2CC(=O)N12. The van der Waals surface area contributed by atoms with Crippen LogP contribution in [0, 0.1) is 0 Å². The van der Waals surface area contributed by atoms with Crippen LogP contribution in [0.25, 0.3) is 0 Å². The molecule has 0 radical (unpaired) electrons. The molecule has 2 saturated heterocycles. The summed E-state index contributed by atoms with van der Waals surface area (Å²) in [6.07, 6.45) is 1.81. The number of allylic oxidation sites excluding steroid dienone is 1. The Balaban J connectivity index is 1.56. The van der Waals surface area contributed by atoms with E-state index in [9.17, 15) is 9.59 Å². The molecule has 0 aromatic heterocycles. The normalized spacial score (nSPS) is 27.2. The quantitative estimate of drug-likeness (QED) is 0.303. The molecule has 6 nitrogen and oxygen atoms in total. The summed E-state index contributed by atoms with van der Waals surface area (Å²) in [6, 6.07) is 8.62. The van der Waals surface area contributed by atoms with Crippen molar-refractivity contribution in [1.82, 2.24) is 4.90 Å². The fourth-order valence-electron chi connectivity index (χ4n) is 3.09. The summed E-state index contributed by atoms with van der Waals surface area (Å²) in [5.74, 6) is 0.745. The van der Waals surface area contributed by atoms with Crippen molar-refractivity contribution in [3.63, 3.8) is 0 Å². The lowest BCUT2D eigenvalue weighted by Gasteiger charge is -2.33. The number of benzene rings is 1. The van der Waals surface area contributed by atoms with Gasteiger partial charge in [-0.25, -0.2) is 4.79 Å². The molecule has 130 valence electrons. The Morgan fingerprint density at radius 1 is 1.32 bits per heavy atom. The number of nitrogens with zero attached hydrogens (tertiary/aromatic N) is 1. The Morgan fingerprint density at radius 2 is 2.12 bits per heavy atom. The molecule has 1 aromatic carbocycles. The summed E-state index contributed by atoms with van der Waals surface area (Å²) in [5.41, 5.74) is 1.70. The van der Waals surface area contributed by atoms with Crippen molar-refractivity contribution >= 4 is 34.5 Å². The lowest BCUT2D eigenvalue weighted by atomic mass is 10.1. The molecule has 0 bridgehead atoms. The zero-order valence-corrected chi connectivity index (χ0v) is 15.5. The van der Waals surface area contributed by atoms with Gasteiger partial charge in [0.25, 0.3) is 0 Å². The summed E-state index contributed by atoms with van der Waals surface area (Å²) in [5, 5.41) is 0. The third kappa shape index (κ3) is 3.01. The van der Waals surface area contributed by atoms with Crippen molar-refractivity contribution in [3.05, 3.63) is 59.1 Å². The van der Waals surface area contributed by atoms with Crippen molar-refractivity contribution in [2.45, 2.75) is 25.3 Å². The first-order valence-corrected chi connectivity index (χ1v) is 9.50. The van der Waals surface area contributed by atoms with Crippen molar-refractivity contribution in [3.8, 4) is 0 Å². The number of carbonyl (C=O) groups is 2. The summed E-state index contributed by atoms with van der Waals surface area (Å²) in [4.78, 5) is 26.1. The molecule has 2 fully saturated rings. The molecule has 1 amide bonds. The third-order valence-electron chi connectivity index (χ3n) is 4.38. The van der Waals surface area contributed by atoms with Gasteiger partial charge < -0.3 is 14.2 Å². The Bertz CT molecular complexity index is 773. The van der Waals surface area contributed by atoms with E-state index in [0.717, 1.165) is 21.3 Å². The first kappa shape index (κ1) is 16.4. The number of ether oxygens (including phenoxy) is 3. The second-order valence-corrected chi connectivity index (χ2v) is 6.76. The van der Waals surface area contributed by atoms with E-state index >= 15 is 0 Å². The molecule has 3 aliphatic rings. The van der Waals surface area contributed by atoms with Crippen LogP contribution < -0.4 is 0 Å². The number of amides is 1. The maximum absolute atomic E-state index is 12.7. The van der Waals surface area contributed by atoms with Crippen LogP contribution in [0.2, 0.25) is 0 Å². The van der Waals surface area contributed by atoms with E-state index in [1.807, 2.05) is 36.4 Å². The standard InChI is InChI=1S/C18H16INO5/c19-8-13-6-12(10-23-13)17-16(20-14(21)7-15(20)25-17)18(22)24-9-11-4-2-1-3-5-11/h1-6,15-16H,7-10H2/t15-,16?/m1/s1. The smallest absolute Gasteiger partial charge is 0.337 e. The van der Waals surface area contributed by atoms with Crippen LogP contribution in [0.1, 0.15) is 12.0 Å². The van der Waals surface area contributed by atoms with Crippen molar-refractivity contribution < 1.29 is 23.8 Å². The molecule has 1 aromatic rings. The molecule has 3 heterocycles. The monoisotopic (exact) mass is 453 g/mol. The van der Waals surface area contributed by atoms with E-state index in [-0.39, 0.29) is 18.7 Å². The van der Waals surface area contributed by atoms with E-state index < -0.39 is 12.0 Å². The molecule has 0 aliphatic carbocycles. The summed E-state index contributed by atoms with van der Waals surface area (Å²) >= 11 is 2.21. The molecule has 4 rings (SSSR count). The predicted octanol–water partition coefficient (Wildman–Crippen LogP) is 2.29. The minimum atomic E-state index is -0.821. The van der Waals surface area contributed by atoms with Crippen LogP contribution >= 0.6 is 22.6 Å². The molecular weight excluding hydrogens is 437 g/mol. The van der Waals surface area contributed by atoms with Gasteiger partial charge in [-0.1, -0.05) is 52.9 Å². The van der Waals surface area contributed by atoms with E-state index in [4.69, 9.17) is 14.2 Å². The van der Waals surface area contributed by atoms with Gasteiger partial charge in [-0.15, -0.1) is 0 Å². The van der Waals surface area contributed by atoms with Gasteiger partial charge in [0.05, 0.1) is 10.8 Å². The summed E-state index contributed by atoms with van der Waals surface area (Å²) in [7, 11) is 0. The van der Waals surface area contributed by atoms with E-state index in [1.54, 1.807) is 0 Å². The average molecular weight is 453 g/mol. The minimum absolute atomic E-state index is 0.0979. The van der Waals surface area contributed by atoms with Gasteiger partial charge in [-0.2, -0.15) is 0 Å². The van der Waals surface area contributed by atoms with Gasteiger partial charge >= 0.3 is 5.97 Å². The zero-order valence-electron chi connectivity index (χ0n) is 13.3. The average Bonchev–Trinajstić information content (AvgIpc) is 3.22. The largest absolute Gasteiger partial charge is 0.492 e. The molecule has 7 heteroatoms. The number of esters is 1. The highest BCUT2D eigenvalue weighted by Gasteiger charge is 2.55. The Labute approximate surface area is 158 Å². The molecule has 0 saturated carbocycles. The van der Waals surface area contributed by atoms with Crippen molar-refractivity contribution in [2.75, 3.05) is 11.0 Å². The van der Waals surface area contributed by atoms with Crippen molar-refractivity contribution in [2.24, 2.45) is 0 Å². The van der Waals surface area contributed by atoms with Gasteiger partial charge in [-0.3, -0.25) is 9.69 Å². The number of rotatable bonds is 4. The first-order chi connectivity index (χ1) is 12.2. The molecule has 2 atom stereocenters. The molecular formula is C18H16INO5. The second-order valence-electron chi connectivity index (χ2n) is 6.00. The number of alkyl halides is 1. The van der Waals surface area contributed by atoms with Gasteiger partial charge in [0.2, 0.25) is 5.91 Å². The van der Waals surface area contributed by atoms with E-state index in [1.165, 1.54) is 4.90 Å². The van der Waals surface area contributed by atoms with Crippen LogP contribution in [-0.4, -0.2) is 40.1 Å². The van der Waals surface area contributed by atoms with Gasteiger partial charge in [-0.05, 0) is 11.6 Å². The number of β-lactam (4-membered cyclic amide) rings is 1. The molecule has 25 heavy (non-hydrogen) atoms. The van der Waals surface area contributed by atoms with Crippen LogP contribution in [0.3, 0.4) is 0 Å². The second kappa shape index (κ2) is 6.70. The maximum atomic E-state index is 12.7. The Kier molecular flexibility index (Phi) is 4.41. The van der Waals surface area contributed by atoms with Crippen LogP contribution in [-0.2, 0) is 30.4 Å². The summed E-state index contributed by atoms with van der Waals surface area (Å²) in [6.45, 7) is 0.516. The van der Waals surface area contributed by atoms with Crippen molar-refractivity contribution in [1.29, 1.82) is 0 Å². The minimum Gasteiger partial charge on any atom is -0.492 e. The predicted molar refractivity (Wildman–Crippen MR) is 96.3 cm³/mol. The highest BCUT2D eigenvalue weighted by atomic mass is 127. The number of carbonyl (C=O) groups excluding carboxylic acids is 2. The Morgan fingerprint density at radius 3 is 2.80 bits per heavy atom. The van der Waals surface area contributed by atoms with Gasteiger partial charge in [0.15, 0.2) is 12.3 Å². The molecule has 0 N–H and O–H groups in total. The highest BCUT2D eigenvalue weighted by Crippen LogP contribution is 2.39. The fourth-order valence-corrected chi connectivity index (χ4v) is 3.53. The topological polar surface area (TPSA) is 65.1 Å². The van der Waals surface area contributed by atoms with E-state index in [2.05, 4.69) is 22.6 Å². The third-order valence-corrected chi connectivity index (χ3v) is 5.13. The molecule has 3 aliphatic heterocycles. The lowest BCUT2D eigenvalue weighted by Crippen LogP contribution is -2.55. The molecule has 0 spiro atoms. The summed E-state index contributed by atoms with van der Waals surface area (Å²) < 4.78 is 17.6. The lowest BCUT2D eigenvalue weighted by molar-refractivity contribution is -0.166. The van der Waals surface area contributed by atoms with Crippen LogP contribution in [0.5, 0.6) is 0 Å².